The Labute approximate surface area is 131 Å². The molecule has 0 spiro atoms. The summed E-state index contributed by atoms with van der Waals surface area (Å²) in [6.45, 7) is 0. The molecule has 0 unspecified atom stereocenters. The van der Waals surface area contributed by atoms with Crippen molar-refractivity contribution in [1.82, 2.24) is 9.97 Å². The zero-order valence-corrected chi connectivity index (χ0v) is 13.2. The minimum Gasteiger partial charge on any atom is -0.493 e. The van der Waals surface area contributed by atoms with E-state index in [1.807, 2.05) is 12.1 Å². The van der Waals surface area contributed by atoms with Crippen LogP contribution in [0.15, 0.2) is 33.5 Å². The Morgan fingerprint density at radius 3 is 2.67 bits per heavy atom. The van der Waals surface area contributed by atoms with Crippen LogP contribution < -0.4 is 5.56 Å². The third-order valence-electron chi connectivity index (χ3n) is 4.02. The Hall–Kier alpha value is -1.62. The Kier molecular flexibility index (Phi) is 4.10. The summed E-state index contributed by atoms with van der Waals surface area (Å²) >= 11 is 3.37. The highest BCUT2D eigenvalue weighted by atomic mass is 79.9. The lowest BCUT2D eigenvalue weighted by Gasteiger charge is -2.20. The van der Waals surface area contributed by atoms with Gasteiger partial charge in [-0.05, 0) is 30.5 Å². The molecule has 1 heterocycles. The Balaban J connectivity index is 2.02. The van der Waals surface area contributed by atoms with Crippen LogP contribution in [0.3, 0.4) is 0 Å². The van der Waals surface area contributed by atoms with Crippen LogP contribution in [0.25, 0.3) is 11.1 Å². The van der Waals surface area contributed by atoms with Crippen molar-refractivity contribution < 1.29 is 5.11 Å². The lowest BCUT2D eigenvalue weighted by Crippen LogP contribution is -2.18. The first-order valence-corrected chi connectivity index (χ1v) is 8.03. The molecule has 0 saturated heterocycles. The first-order valence-electron chi connectivity index (χ1n) is 7.24. The summed E-state index contributed by atoms with van der Waals surface area (Å²) in [5, 5.41) is 10.2. The van der Waals surface area contributed by atoms with E-state index in [1.165, 1.54) is 6.42 Å². The molecule has 1 aliphatic carbocycles. The summed E-state index contributed by atoms with van der Waals surface area (Å²) < 4.78 is 0.857. The van der Waals surface area contributed by atoms with Crippen LogP contribution in [0, 0.1) is 0 Å². The van der Waals surface area contributed by atoms with Gasteiger partial charge >= 0.3 is 0 Å². The highest BCUT2D eigenvalue weighted by Gasteiger charge is 2.21. The van der Waals surface area contributed by atoms with E-state index in [9.17, 15) is 9.90 Å². The van der Waals surface area contributed by atoms with Crippen molar-refractivity contribution in [1.29, 1.82) is 0 Å². The van der Waals surface area contributed by atoms with Crippen LogP contribution in [0.1, 0.15) is 43.8 Å². The van der Waals surface area contributed by atoms with Gasteiger partial charge in [-0.2, -0.15) is 4.98 Å². The fourth-order valence-corrected chi connectivity index (χ4v) is 3.35. The van der Waals surface area contributed by atoms with Crippen LogP contribution in [0.2, 0.25) is 0 Å². The third-order valence-corrected chi connectivity index (χ3v) is 4.52. The minimum atomic E-state index is -0.277. The lowest BCUT2D eigenvalue weighted by atomic mass is 9.88. The van der Waals surface area contributed by atoms with Gasteiger partial charge in [0, 0.05) is 10.4 Å². The van der Waals surface area contributed by atoms with E-state index < -0.39 is 0 Å². The zero-order valence-electron chi connectivity index (χ0n) is 11.6. The maximum atomic E-state index is 12.3. The second-order valence-electron chi connectivity index (χ2n) is 5.50. The quantitative estimate of drug-likeness (QED) is 0.863. The molecule has 1 aromatic carbocycles. The molecule has 0 radical (unpaired) electrons. The molecule has 1 saturated carbocycles. The molecule has 21 heavy (non-hydrogen) atoms. The highest BCUT2D eigenvalue weighted by molar-refractivity contribution is 9.10. The van der Waals surface area contributed by atoms with E-state index in [-0.39, 0.29) is 22.9 Å². The number of benzene rings is 1. The number of halogens is 1. The van der Waals surface area contributed by atoms with Gasteiger partial charge in [-0.1, -0.05) is 47.3 Å². The molecule has 110 valence electrons. The standard InChI is InChI=1S/C16H17BrN2O2/c17-12-8-4-7-11(9-12)13-15(20)18-14(19-16(13)21)10-5-2-1-3-6-10/h4,7-10H,1-3,5-6H2,(H2,18,19,20,21). The van der Waals surface area contributed by atoms with Crippen molar-refractivity contribution in [2.45, 2.75) is 38.0 Å². The lowest BCUT2D eigenvalue weighted by molar-refractivity contribution is 0.410. The molecule has 5 heteroatoms. The zero-order chi connectivity index (χ0) is 14.8. The SMILES string of the molecule is O=c1[nH]c(C2CCCCC2)nc(O)c1-c1cccc(Br)c1. The molecular weight excluding hydrogens is 332 g/mol. The van der Waals surface area contributed by atoms with Crippen molar-refractivity contribution in [3.8, 4) is 17.0 Å². The van der Waals surface area contributed by atoms with Gasteiger partial charge in [-0.25, -0.2) is 0 Å². The average molecular weight is 349 g/mol. The van der Waals surface area contributed by atoms with E-state index in [1.54, 1.807) is 12.1 Å². The number of H-pyrrole nitrogens is 1. The molecule has 1 fully saturated rings. The van der Waals surface area contributed by atoms with Crippen LogP contribution >= 0.6 is 15.9 Å². The molecule has 3 rings (SSSR count). The fraction of sp³-hybridized carbons (Fsp3) is 0.375. The van der Waals surface area contributed by atoms with Crippen molar-refractivity contribution in [2.75, 3.05) is 0 Å². The molecule has 0 bridgehead atoms. The van der Waals surface area contributed by atoms with Gasteiger partial charge in [-0.3, -0.25) is 4.79 Å². The van der Waals surface area contributed by atoms with E-state index >= 15 is 0 Å². The Morgan fingerprint density at radius 1 is 1.24 bits per heavy atom. The van der Waals surface area contributed by atoms with Crippen molar-refractivity contribution in [2.24, 2.45) is 0 Å². The van der Waals surface area contributed by atoms with Crippen LogP contribution in [0.4, 0.5) is 0 Å². The molecule has 0 atom stereocenters. The first kappa shape index (κ1) is 14.3. The maximum absolute atomic E-state index is 12.3. The van der Waals surface area contributed by atoms with Crippen LogP contribution in [-0.4, -0.2) is 15.1 Å². The number of rotatable bonds is 2. The number of nitrogens with one attached hydrogen (secondary N) is 1. The van der Waals surface area contributed by atoms with Gasteiger partial charge < -0.3 is 10.1 Å². The molecule has 0 aliphatic heterocycles. The number of hydrogen-bond donors (Lipinski definition) is 2. The van der Waals surface area contributed by atoms with Gasteiger partial charge in [0.25, 0.3) is 5.56 Å². The van der Waals surface area contributed by atoms with E-state index in [4.69, 9.17) is 0 Å². The predicted octanol–water partition coefficient (Wildman–Crippen LogP) is 3.95. The highest BCUT2D eigenvalue weighted by Crippen LogP contribution is 2.32. The topological polar surface area (TPSA) is 66.0 Å². The number of hydrogen-bond acceptors (Lipinski definition) is 3. The molecule has 1 aromatic heterocycles. The van der Waals surface area contributed by atoms with Crippen LogP contribution in [0.5, 0.6) is 5.88 Å². The third kappa shape index (κ3) is 3.02. The Morgan fingerprint density at radius 2 is 2.00 bits per heavy atom. The summed E-state index contributed by atoms with van der Waals surface area (Å²) in [7, 11) is 0. The van der Waals surface area contributed by atoms with Gasteiger partial charge in [0.15, 0.2) is 0 Å². The molecule has 4 nitrogen and oxygen atoms in total. The van der Waals surface area contributed by atoms with Gasteiger partial charge in [0.2, 0.25) is 5.88 Å². The number of aromatic nitrogens is 2. The normalized spacial score (nSPS) is 16.0. The Bertz CT molecular complexity index is 706. The molecule has 2 N–H and O–H groups in total. The smallest absolute Gasteiger partial charge is 0.262 e. The second-order valence-corrected chi connectivity index (χ2v) is 6.41. The van der Waals surface area contributed by atoms with E-state index in [0.717, 1.165) is 30.2 Å². The van der Waals surface area contributed by atoms with Gasteiger partial charge in [0.1, 0.15) is 11.4 Å². The second kappa shape index (κ2) is 6.02. The number of nitrogens with zero attached hydrogens (tertiary/aromatic N) is 1. The molecule has 0 amide bonds. The maximum Gasteiger partial charge on any atom is 0.262 e. The number of aromatic amines is 1. The van der Waals surface area contributed by atoms with Gasteiger partial charge in [0.05, 0.1) is 0 Å². The predicted molar refractivity (Wildman–Crippen MR) is 85.5 cm³/mol. The van der Waals surface area contributed by atoms with E-state index in [0.29, 0.717) is 11.4 Å². The first-order chi connectivity index (χ1) is 10.1. The summed E-state index contributed by atoms with van der Waals surface area (Å²) in [5.41, 5.74) is 0.614. The summed E-state index contributed by atoms with van der Waals surface area (Å²) in [5.74, 6) is 0.697. The largest absolute Gasteiger partial charge is 0.493 e. The van der Waals surface area contributed by atoms with E-state index in [2.05, 4.69) is 25.9 Å². The average Bonchev–Trinajstić information content (AvgIpc) is 2.47. The molecule has 2 aromatic rings. The summed E-state index contributed by atoms with van der Waals surface area (Å²) in [4.78, 5) is 19.5. The molecular formula is C16H17BrN2O2. The number of aromatic hydroxyl groups is 1. The van der Waals surface area contributed by atoms with Gasteiger partial charge in [-0.15, -0.1) is 0 Å². The minimum absolute atomic E-state index is 0.183. The fourth-order valence-electron chi connectivity index (χ4n) is 2.95. The summed E-state index contributed by atoms with van der Waals surface area (Å²) in [6, 6.07) is 7.29. The summed E-state index contributed by atoms with van der Waals surface area (Å²) in [6.07, 6.45) is 5.60. The van der Waals surface area contributed by atoms with Crippen molar-refractivity contribution in [3.63, 3.8) is 0 Å². The van der Waals surface area contributed by atoms with Crippen molar-refractivity contribution in [3.05, 3.63) is 44.9 Å². The van der Waals surface area contributed by atoms with Crippen LogP contribution in [-0.2, 0) is 0 Å². The molecule has 1 aliphatic rings. The monoisotopic (exact) mass is 348 g/mol. The van der Waals surface area contributed by atoms with Crippen molar-refractivity contribution >= 4 is 15.9 Å².